The molecule has 12 heteroatoms. The monoisotopic (exact) mass is 402 g/mol. The predicted octanol–water partition coefficient (Wildman–Crippen LogP) is 0.997. The molecule has 2 rings (SSSR count). The first-order valence-corrected chi connectivity index (χ1v) is 8.75. The minimum absolute atomic E-state index is 0.0168. The standard InChI is InChI=1S/C15H13F3N4O4S/c16-15(17,18)9-20-13(23)10-4-6-11(7-5-10)27(25,26)22-21-14(24)12-3-1-2-8-19-12/h1-8,22H,9H2,(H,20,23)(H,21,24). The fourth-order valence-corrected chi connectivity index (χ4v) is 2.64. The van der Waals surface area contributed by atoms with Gasteiger partial charge in [-0.2, -0.15) is 13.2 Å². The smallest absolute Gasteiger partial charge is 0.343 e. The minimum Gasteiger partial charge on any atom is -0.343 e. The first-order valence-electron chi connectivity index (χ1n) is 7.27. The van der Waals surface area contributed by atoms with Gasteiger partial charge in [0.15, 0.2) is 0 Å². The van der Waals surface area contributed by atoms with Gasteiger partial charge in [0.2, 0.25) is 0 Å². The van der Waals surface area contributed by atoms with Crippen molar-refractivity contribution in [2.75, 3.05) is 6.54 Å². The van der Waals surface area contributed by atoms with Crippen LogP contribution < -0.4 is 15.6 Å². The number of sulfonamides is 1. The number of hydrazine groups is 1. The first-order chi connectivity index (χ1) is 12.6. The van der Waals surface area contributed by atoms with Crippen molar-refractivity contribution in [1.29, 1.82) is 0 Å². The fourth-order valence-electron chi connectivity index (χ4n) is 1.80. The topological polar surface area (TPSA) is 117 Å². The summed E-state index contributed by atoms with van der Waals surface area (Å²) in [5.41, 5.74) is 1.79. The van der Waals surface area contributed by atoms with E-state index < -0.39 is 34.6 Å². The van der Waals surface area contributed by atoms with E-state index in [1.54, 1.807) is 17.4 Å². The Labute approximate surface area is 151 Å². The summed E-state index contributed by atoms with van der Waals surface area (Å²) in [5.74, 6) is -1.80. The SMILES string of the molecule is O=C(NCC(F)(F)F)c1ccc(S(=O)(=O)NNC(=O)c2ccccn2)cc1. The molecule has 0 bridgehead atoms. The molecule has 1 aromatic heterocycles. The molecule has 0 saturated carbocycles. The van der Waals surface area contributed by atoms with Crippen LogP contribution in [0.3, 0.4) is 0 Å². The fraction of sp³-hybridized carbons (Fsp3) is 0.133. The number of nitrogens with zero attached hydrogens (tertiary/aromatic N) is 1. The van der Waals surface area contributed by atoms with Crippen LogP contribution in [0.2, 0.25) is 0 Å². The summed E-state index contributed by atoms with van der Waals surface area (Å²) < 4.78 is 60.5. The third-order valence-electron chi connectivity index (χ3n) is 3.07. The molecule has 27 heavy (non-hydrogen) atoms. The van der Waals surface area contributed by atoms with Gasteiger partial charge in [-0.1, -0.05) is 6.07 Å². The number of carbonyl (C=O) groups is 2. The number of hydrogen-bond acceptors (Lipinski definition) is 5. The molecule has 0 unspecified atom stereocenters. The summed E-state index contributed by atoms with van der Waals surface area (Å²) in [6.07, 6.45) is -3.21. The van der Waals surface area contributed by atoms with E-state index in [4.69, 9.17) is 0 Å². The molecule has 2 aromatic rings. The Kier molecular flexibility index (Phi) is 6.13. The number of aromatic nitrogens is 1. The van der Waals surface area contributed by atoms with Crippen LogP contribution in [0.25, 0.3) is 0 Å². The first kappa shape index (κ1) is 20.3. The maximum absolute atomic E-state index is 12.1. The molecule has 2 amide bonds. The van der Waals surface area contributed by atoms with Crippen LogP contribution in [0, 0.1) is 0 Å². The second-order valence-corrected chi connectivity index (χ2v) is 6.78. The summed E-state index contributed by atoms with van der Waals surface area (Å²) in [6.45, 7) is -1.51. The van der Waals surface area contributed by atoms with Crippen molar-refractivity contribution in [3.05, 3.63) is 59.9 Å². The summed E-state index contributed by atoms with van der Waals surface area (Å²) in [6, 6.07) is 8.60. The Morgan fingerprint density at radius 2 is 1.67 bits per heavy atom. The van der Waals surface area contributed by atoms with E-state index in [9.17, 15) is 31.2 Å². The van der Waals surface area contributed by atoms with Crippen molar-refractivity contribution >= 4 is 21.8 Å². The highest BCUT2D eigenvalue weighted by atomic mass is 32.2. The lowest BCUT2D eigenvalue weighted by Crippen LogP contribution is -2.41. The van der Waals surface area contributed by atoms with Crippen LogP contribution in [0.1, 0.15) is 20.8 Å². The zero-order valence-corrected chi connectivity index (χ0v) is 14.3. The molecule has 3 N–H and O–H groups in total. The molecule has 0 aliphatic carbocycles. The van der Waals surface area contributed by atoms with Crippen LogP contribution >= 0.6 is 0 Å². The normalized spacial score (nSPS) is 11.7. The van der Waals surface area contributed by atoms with Crippen LogP contribution in [0.15, 0.2) is 53.6 Å². The van der Waals surface area contributed by atoms with Gasteiger partial charge >= 0.3 is 6.18 Å². The third-order valence-corrected chi connectivity index (χ3v) is 4.34. The average Bonchev–Trinajstić information content (AvgIpc) is 2.64. The third kappa shape index (κ3) is 6.04. The molecule has 0 aliphatic heterocycles. The Morgan fingerprint density at radius 1 is 1.00 bits per heavy atom. The van der Waals surface area contributed by atoms with Crippen molar-refractivity contribution in [1.82, 2.24) is 20.6 Å². The van der Waals surface area contributed by atoms with Gasteiger partial charge in [-0.15, -0.1) is 4.83 Å². The highest BCUT2D eigenvalue weighted by molar-refractivity contribution is 7.89. The lowest BCUT2D eigenvalue weighted by atomic mass is 10.2. The van der Waals surface area contributed by atoms with Gasteiger partial charge in [-0.3, -0.25) is 20.0 Å². The van der Waals surface area contributed by atoms with E-state index in [0.29, 0.717) is 0 Å². The Morgan fingerprint density at radius 3 is 2.22 bits per heavy atom. The largest absolute Gasteiger partial charge is 0.405 e. The Bertz CT molecular complexity index is 916. The van der Waals surface area contributed by atoms with Crippen molar-refractivity contribution in [3.63, 3.8) is 0 Å². The van der Waals surface area contributed by atoms with E-state index in [0.717, 1.165) is 24.3 Å². The van der Waals surface area contributed by atoms with E-state index >= 15 is 0 Å². The van der Waals surface area contributed by atoms with Crippen molar-refractivity contribution in [2.24, 2.45) is 0 Å². The van der Waals surface area contributed by atoms with Gasteiger partial charge in [-0.25, -0.2) is 8.42 Å². The number of amides is 2. The van der Waals surface area contributed by atoms with E-state index in [-0.39, 0.29) is 16.2 Å². The molecule has 0 spiro atoms. The number of rotatable bonds is 6. The van der Waals surface area contributed by atoms with Gasteiger partial charge < -0.3 is 5.32 Å². The molecule has 8 nitrogen and oxygen atoms in total. The van der Waals surface area contributed by atoms with Crippen molar-refractivity contribution < 1.29 is 31.2 Å². The lowest BCUT2D eigenvalue weighted by molar-refractivity contribution is -0.123. The van der Waals surface area contributed by atoms with Crippen LogP contribution in [-0.2, 0) is 10.0 Å². The van der Waals surface area contributed by atoms with Gasteiger partial charge in [0.05, 0.1) is 4.90 Å². The van der Waals surface area contributed by atoms with Crippen LogP contribution in [-0.4, -0.2) is 37.9 Å². The Balaban J connectivity index is 2.00. The second kappa shape index (κ2) is 8.14. The molecule has 144 valence electrons. The molecule has 0 radical (unpaired) electrons. The number of pyridine rings is 1. The zero-order valence-electron chi connectivity index (χ0n) is 13.4. The summed E-state index contributed by atoms with van der Waals surface area (Å²) in [4.78, 5) is 28.6. The molecular weight excluding hydrogens is 389 g/mol. The molecule has 1 aromatic carbocycles. The number of hydrogen-bond donors (Lipinski definition) is 3. The summed E-state index contributed by atoms with van der Waals surface area (Å²) in [7, 11) is -4.16. The number of benzene rings is 1. The number of carbonyl (C=O) groups excluding carboxylic acids is 2. The molecule has 0 fully saturated rings. The van der Waals surface area contributed by atoms with Crippen LogP contribution in [0.4, 0.5) is 13.2 Å². The summed E-state index contributed by atoms with van der Waals surface area (Å²) >= 11 is 0. The molecule has 0 saturated heterocycles. The molecular formula is C15H13F3N4O4S. The molecule has 0 atom stereocenters. The van der Waals surface area contributed by atoms with E-state index in [1.807, 2.05) is 10.3 Å². The van der Waals surface area contributed by atoms with Crippen molar-refractivity contribution in [2.45, 2.75) is 11.1 Å². The maximum atomic E-state index is 12.1. The van der Waals surface area contributed by atoms with Crippen LogP contribution in [0.5, 0.6) is 0 Å². The molecule has 1 heterocycles. The van der Waals surface area contributed by atoms with Gasteiger partial charge in [0, 0.05) is 11.8 Å². The maximum Gasteiger partial charge on any atom is 0.405 e. The predicted molar refractivity (Wildman–Crippen MR) is 86.9 cm³/mol. The van der Waals surface area contributed by atoms with Gasteiger partial charge in [-0.05, 0) is 36.4 Å². The summed E-state index contributed by atoms with van der Waals surface area (Å²) in [5, 5.41) is 1.66. The number of alkyl halides is 3. The molecule has 0 aliphatic rings. The van der Waals surface area contributed by atoms with E-state index in [1.165, 1.54) is 12.3 Å². The quantitative estimate of drug-likeness (QED) is 0.623. The van der Waals surface area contributed by atoms with E-state index in [2.05, 4.69) is 4.98 Å². The second-order valence-electron chi connectivity index (χ2n) is 5.10. The number of halogens is 3. The highest BCUT2D eigenvalue weighted by Gasteiger charge is 2.28. The van der Waals surface area contributed by atoms with Gasteiger partial charge in [0.1, 0.15) is 12.2 Å². The zero-order chi connectivity index (χ0) is 20.1. The van der Waals surface area contributed by atoms with Crippen molar-refractivity contribution in [3.8, 4) is 0 Å². The number of nitrogens with one attached hydrogen (secondary N) is 3. The van der Waals surface area contributed by atoms with Gasteiger partial charge in [0.25, 0.3) is 21.8 Å². The Hall–Kier alpha value is -2.99. The highest BCUT2D eigenvalue weighted by Crippen LogP contribution is 2.14. The minimum atomic E-state index is -4.56. The average molecular weight is 402 g/mol. The lowest BCUT2D eigenvalue weighted by Gasteiger charge is -2.10.